The highest BCUT2D eigenvalue weighted by atomic mass is 15.1. The molecule has 2 aliphatic carbocycles. The molecule has 2 fully saturated rings. The van der Waals surface area contributed by atoms with Crippen molar-refractivity contribution in [1.82, 2.24) is 9.55 Å². The van der Waals surface area contributed by atoms with E-state index in [4.69, 9.17) is 10.7 Å². The molecule has 3 nitrogen and oxygen atoms in total. The van der Waals surface area contributed by atoms with Gasteiger partial charge in [-0.1, -0.05) is 12.5 Å². The Morgan fingerprint density at radius 2 is 2.11 bits per heavy atom. The molecule has 0 spiro atoms. The van der Waals surface area contributed by atoms with Crippen molar-refractivity contribution in [3.63, 3.8) is 0 Å². The fourth-order valence-electron chi connectivity index (χ4n) is 3.88. The van der Waals surface area contributed by atoms with E-state index in [1.54, 1.807) is 0 Å². The van der Waals surface area contributed by atoms with Crippen LogP contribution in [0.3, 0.4) is 0 Å². The van der Waals surface area contributed by atoms with Gasteiger partial charge in [-0.2, -0.15) is 0 Å². The van der Waals surface area contributed by atoms with E-state index in [2.05, 4.69) is 29.8 Å². The summed E-state index contributed by atoms with van der Waals surface area (Å²) >= 11 is 0. The molecule has 0 saturated heterocycles. The molecule has 0 amide bonds. The van der Waals surface area contributed by atoms with Crippen molar-refractivity contribution in [2.45, 2.75) is 31.7 Å². The van der Waals surface area contributed by atoms with E-state index in [1.807, 2.05) is 0 Å². The van der Waals surface area contributed by atoms with E-state index >= 15 is 0 Å². The maximum Gasteiger partial charge on any atom is 0.113 e. The van der Waals surface area contributed by atoms with Crippen LogP contribution in [0.4, 0.5) is 0 Å². The monoisotopic (exact) mass is 241 g/mol. The van der Waals surface area contributed by atoms with E-state index in [9.17, 15) is 0 Å². The Bertz CT molecular complexity index is 603. The Balaban J connectivity index is 1.80. The normalized spacial score (nSPS) is 29.8. The molecule has 1 aromatic carbocycles. The summed E-state index contributed by atoms with van der Waals surface area (Å²) in [6.07, 6.45) is 4.24. The van der Waals surface area contributed by atoms with Crippen LogP contribution in [0.25, 0.3) is 11.0 Å². The van der Waals surface area contributed by atoms with Crippen LogP contribution < -0.4 is 5.73 Å². The fourth-order valence-corrected chi connectivity index (χ4v) is 3.88. The standard InChI is InChI=1S/C15H19N3/c1-18-13-7-9(8-16)5-6-12(13)17-15(18)14-10-3-2-4-11(10)14/h5-7,10-11,14H,2-4,8,16H2,1H3. The summed E-state index contributed by atoms with van der Waals surface area (Å²) in [5, 5.41) is 0. The summed E-state index contributed by atoms with van der Waals surface area (Å²) in [5.41, 5.74) is 9.26. The van der Waals surface area contributed by atoms with Crippen LogP contribution in [0.2, 0.25) is 0 Å². The summed E-state index contributed by atoms with van der Waals surface area (Å²) < 4.78 is 2.29. The lowest BCUT2D eigenvalue weighted by molar-refractivity contribution is 0.642. The van der Waals surface area contributed by atoms with Gasteiger partial charge >= 0.3 is 0 Å². The second kappa shape index (κ2) is 3.58. The van der Waals surface area contributed by atoms with Gasteiger partial charge < -0.3 is 10.3 Å². The molecule has 2 unspecified atom stereocenters. The molecule has 18 heavy (non-hydrogen) atoms. The van der Waals surface area contributed by atoms with E-state index in [-0.39, 0.29) is 0 Å². The van der Waals surface area contributed by atoms with Gasteiger partial charge in [0.2, 0.25) is 0 Å². The Kier molecular flexibility index (Phi) is 2.10. The van der Waals surface area contributed by atoms with Crippen LogP contribution >= 0.6 is 0 Å². The fraction of sp³-hybridized carbons (Fsp3) is 0.533. The molecular formula is C15H19N3. The number of hydrogen-bond donors (Lipinski definition) is 1. The number of imidazole rings is 1. The molecule has 2 saturated carbocycles. The molecule has 2 atom stereocenters. The van der Waals surface area contributed by atoms with Crippen LogP contribution in [-0.4, -0.2) is 9.55 Å². The number of nitrogens with zero attached hydrogens (tertiary/aromatic N) is 2. The van der Waals surface area contributed by atoms with Crippen molar-refractivity contribution < 1.29 is 0 Å². The Morgan fingerprint density at radius 3 is 2.83 bits per heavy atom. The van der Waals surface area contributed by atoms with Gasteiger partial charge in [-0.25, -0.2) is 4.98 Å². The average molecular weight is 241 g/mol. The van der Waals surface area contributed by atoms with Crippen molar-refractivity contribution in [2.75, 3.05) is 0 Å². The number of hydrogen-bond acceptors (Lipinski definition) is 2. The number of fused-ring (bicyclic) bond motifs is 2. The molecule has 3 heteroatoms. The maximum atomic E-state index is 5.71. The Hall–Kier alpha value is -1.35. The lowest BCUT2D eigenvalue weighted by Gasteiger charge is -2.04. The van der Waals surface area contributed by atoms with Gasteiger partial charge in [0.1, 0.15) is 5.82 Å². The van der Waals surface area contributed by atoms with Crippen molar-refractivity contribution in [3.8, 4) is 0 Å². The molecular weight excluding hydrogens is 222 g/mol. The third kappa shape index (κ3) is 1.31. The van der Waals surface area contributed by atoms with Crippen molar-refractivity contribution >= 4 is 11.0 Å². The molecule has 2 aromatic rings. The number of aryl methyl sites for hydroxylation is 1. The molecule has 1 aromatic heterocycles. The summed E-state index contributed by atoms with van der Waals surface area (Å²) in [6, 6.07) is 6.38. The van der Waals surface area contributed by atoms with E-state index in [0.717, 1.165) is 23.3 Å². The SMILES string of the molecule is Cn1c(C2C3CCCC32)nc2ccc(CN)cc21. The van der Waals surface area contributed by atoms with Crippen LogP contribution in [0.1, 0.15) is 36.6 Å². The number of aromatic nitrogens is 2. The first-order chi connectivity index (χ1) is 8.79. The van der Waals surface area contributed by atoms with Crippen LogP contribution in [0.5, 0.6) is 0 Å². The van der Waals surface area contributed by atoms with Gasteiger partial charge in [0, 0.05) is 19.5 Å². The largest absolute Gasteiger partial charge is 0.331 e. The first-order valence-electron chi connectivity index (χ1n) is 6.95. The second-order valence-electron chi connectivity index (χ2n) is 5.84. The lowest BCUT2D eigenvalue weighted by atomic mass is 10.1. The molecule has 2 N–H and O–H groups in total. The Labute approximate surface area is 107 Å². The topological polar surface area (TPSA) is 43.8 Å². The average Bonchev–Trinajstić information content (AvgIpc) is 2.77. The smallest absolute Gasteiger partial charge is 0.113 e. The number of nitrogens with two attached hydrogens (primary N) is 1. The van der Waals surface area contributed by atoms with Gasteiger partial charge in [0.05, 0.1) is 11.0 Å². The second-order valence-corrected chi connectivity index (χ2v) is 5.84. The third-order valence-electron chi connectivity index (χ3n) is 4.92. The van der Waals surface area contributed by atoms with Crippen LogP contribution in [0, 0.1) is 11.8 Å². The van der Waals surface area contributed by atoms with Crippen molar-refractivity contribution in [2.24, 2.45) is 24.6 Å². The third-order valence-corrected chi connectivity index (χ3v) is 4.92. The summed E-state index contributed by atoms with van der Waals surface area (Å²) in [6.45, 7) is 0.602. The van der Waals surface area contributed by atoms with Gasteiger partial charge in [-0.3, -0.25) is 0 Å². The first kappa shape index (κ1) is 10.6. The highest BCUT2D eigenvalue weighted by Gasteiger charge is 2.55. The predicted molar refractivity (Wildman–Crippen MR) is 72.2 cm³/mol. The summed E-state index contributed by atoms with van der Waals surface area (Å²) in [4.78, 5) is 4.85. The van der Waals surface area contributed by atoms with Gasteiger partial charge in [-0.15, -0.1) is 0 Å². The van der Waals surface area contributed by atoms with Crippen LogP contribution in [-0.2, 0) is 13.6 Å². The zero-order valence-electron chi connectivity index (χ0n) is 10.8. The zero-order valence-corrected chi connectivity index (χ0v) is 10.8. The lowest BCUT2D eigenvalue weighted by Crippen LogP contribution is -2.00. The molecule has 2 aliphatic rings. The highest BCUT2D eigenvalue weighted by molar-refractivity contribution is 5.77. The predicted octanol–water partition coefficient (Wildman–Crippen LogP) is 2.55. The van der Waals surface area contributed by atoms with Crippen molar-refractivity contribution in [1.29, 1.82) is 0 Å². The van der Waals surface area contributed by atoms with Crippen LogP contribution in [0.15, 0.2) is 18.2 Å². The highest BCUT2D eigenvalue weighted by Crippen LogP contribution is 2.62. The molecule has 1 heterocycles. The summed E-state index contributed by atoms with van der Waals surface area (Å²) in [5.74, 6) is 3.88. The van der Waals surface area contributed by atoms with Crippen molar-refractivity contribution in [3.05, 3.63) is 29.6 Å². The minimum Gasteiger partial charge on any atom is -0.331 e. The van der Waals surface area contributed by atoms with Gasteiger partial charge in [0.15, 0.2) is 0 Å². The first-order valence-corrected chi connectivity index (χ1v) is 6.95. The molecule has 4 rings (SSSR count). The number of rotatable bonds is 2. The molecule has 94 valence electrons. The number of benzene rings is 1. The van der Waals surface area contributed by atoms with E-state index in [1.165, 1.54) is 36.2 Å². The molecule has 0 radical (unpaired) electrons. The Morgan fingerprint density at radius 1 is 1.33 bits per heavy atom. The minimum absolute atomic E-state index is 0.602. The maximum absolute atomic E-state index is 5.71. The van der Waals surface area contributed by atoms with E-state index < -0.39 is 0 Å². The summed E-state index contributed by atoms with van der Waals surface area (Å²) in [7, 11) is 2.15. The van der Waals surface area contributed by atoms with E-state index in [0.29, 0.717) is 6.54 Å². The van der Waals surface area contributed by atoms with Gasteiger partial charge in [0.25, 0.3) is 0 Å². The quantitative estimate of drug-likeness (QED) is 0.878. The zero-order chi connectivity index (χ0) is 12.3. The molecule has 0 bridgehead atoms. The minimum atomic E-state index is 0.602. The molecule has 0 aliphatic heterocycles. The van der Waals surface area contributed by atoms with Gasteiger partial charge in [-0.05, 0) is 42.4 Å².